The van der Waals surface area contributed by atoms with Crippen LogP contribution in [0.4, 0.5) is 0 Å². The van der Waals surface area contributed by atoms with Crippen LogP contribution in [0, 0.1) is 0 Å². The van der Waals surface area contributed by atoms with Gasteiger partial charge in [0.1, 0.15) is 6.10 Å². The molecule has 2 aliphatic heterocycles. The summed E-state index contributed by atoms with van der Waals surface area (Å²) in [4.78, 5) is 14.2. The molecule has 2 saturated heterocycles. The Bertz CT molecular complexity index is 247. The summed E-state index contributed by atoms with van der Waals surface area (Å²) in [5, 5.41) is 3.32. The fourth-order valence-electron chi connectivity index (χ4n) is 2.34. The van der Waals surface area contributed by atoms with Gasteiger partial charge in [0, 0.05) is 31.8 Å². The molecule has 1 atom stereocenters. The summed E-state index contributed by atoms with van der Waals surface area (Å²) in [6.07, 6.45) is 1.73. The Morgan fingerprint density at radius 3 is 2.93 bits per heavy atom. The van der Waals surface area contributed by atoms with Crippen molar-refractivity contribution in [1.82, 2.24) is 10.2 Å². The maximum absolute atomic E-state index is 12.2. The number of carbonyl (C=O) groups is 1. The van der Waals surface area contributed by atoms with E-state index in [0.29, 0.717) is 0 Å². The lowest BCUT2D eigenvalue weighted by atomic mass is 9.99. The third-order valence-electron chi connectivity index (χ3n) is 3.27. The molecule has 4 nitrogen and oxygen atoms in total. The highest BCUT2D eigenvalue weighted by atomic mass is 16.5. The minimum absolute atomic E-state index is 0.0821. The van der Waals surface area contributed by atoms with Crippen LogP contribution >= 0.6 is 0 Å². The van der Waals surface area contributed by atoms with E-state index < -0.39 is 0 Å². The number of rotatable bonds is 1. The lowest BCUT2D eigenvalue weighted by Gasteiger charge is -2.43. The summed E-state index contributed by atoms with van der Waals surface area (Å²) < 4.78 is 5.45. The highest BCUT2D eigenvalue weighted by molar-refractivity contribution is 5.82. The van der Waals surface area contributed by atoms with Gasteiger partial charge in [-0.25, -0.2) is 0 Å². The number of nitrogens with one attached hydrogen (secondary N) is 1. The molecule has 1 N–H and O–H groups in total. The van der Waals surface area contributed by atoms with Gasteiger partial charge in [0.25, 0.3) is 5.91 Å². The Morgan fingerprint density at radius 1 is 1.53 bits per heavy atom. The third-order valence-corrected chi connectivity index (χ3v) is 3.27. The predicted octanol–water partition coefficient (Wildman–Crippen LogP) is 0.376. The molecule has 4 heteroatoms. The van der Waals surface area contributed by atoms with E-state index in [-0.39, 0.29) is 17.6 Å². The normalized spacial score (nSPS) is 30.5. The van der Waals surface area contributed by atoms with Crippen LogP contribution in [0.1, 0.15) is 26.7 Å². The van der Waals surface area contributed by atoms with Gasteiger partial charge in [0.15, 0.2) is 0 Å². The third kappa shape index (κ3) is 2.16. The number of hydrogen-bond acceptors (Lipinski definition) is 3. The van der Waals surface area contributed by atoms with Gasteiger partial charge < -0.3 is 15.0 Å². The molecule has 0 unspecified atom stereocenters. The quantitative estimate of drug-likeness (QED) is 0.683. The second kappa shape index (κ2) is 4.10. The molecule has 0 aromatic rings. The molecule has 2 rings (SSSR count). The Morgan fingerprint density at radius 2 is 2.33 bits per heavy atom. The van der Waals surface area contributed by atoms with E-state index in [2.05, 4.69) is 19.2 Å². The Labute approximate surface area is 91.0 Å². The van der Waals surface area contributed by atoms with Crippen LogP contribution in [0.5, 0.6) is 0 Å². The molecule has 0 aliphatic carbocycles. The average Bonchev–Trinajstić information content (AvgIpc) is 2.69. The first-order valence-corrected chi connectivity index (χ1v) is 5.75. The van der Waals surface area contributed by atoms with Crippen LogP contribution in [-0.4, -0.2) is 48.7 Å². The van der Waals surface area contributed by atoms with Crippen LogP contribution in [0.25, 0.3) is 0 Å². The molecule has 86 valence electrons. The van der Waals surface area contributed by atoms with Gasteiger partial charge in [0.2, 0.25) is 0 Å². The van der Waals surface area contributed by atoms with E-state index in [4.69, 9.17) is 4.74 Å². The lowest BCUT2D eigenvalue weighted by Crippen LogP contribution is -2.61. The van der Waals surface area contributed by atoms with E-state index in [1.54, 1.807) is 0 Å². The standard InChI is InChI=1S/C11H20N2O2/c1-11(2)8-12-5-6-13(11)10(14)9-4-3-7-15-9/h9,12H,3-8H2,1-2H3/t9-/m0/s1. The van der Waals surface area contributed by atoms with Crippen LogP contribution in [0.15, 0.2) is 0 Å². The van der Waals surface area contributed by atoms with Crippen molar-refractivity contribution >= 4 is 5.91 Å². The summed E-state index contributed by atoms with van der Waals surface area (Å²) >= 11 is 0. The van der Waals surface area contributed by atoms with Crippen molar-refractivity contribution in [3.05, 3.63) is 0 Å². The fourth-order valence-corrected chi connectivity index (χ4v) is 2.34. The number of carbonyl (C=O) groups excluding carboxylic acids is 1. The zero-order valence-electron chi connectivity index (χ0n) is 9.58. The van der Waals surface area contributed by atoms with Crippen LogP contribution in [-0.2, 0) is 9.53 Å². The molecule has 2 heterocycles. The molecule has 2 aliphatic rings. The smallest absolute Gasteiger partial charge is 0.252 e. The minimum Gasteiger partial charge on any atom is -0.368 e. The SMILES string of the molecule is CC1(C)CNCCN1C(=O)[C@@H]1CCCO1. The highest BCUT2D eigenvalue weighted by Crippen LogP contribution is 2.22. The van der Waals surface area contributed by atoms with Crippen molar-refractivity contribution < 1.29 is 9.53 Å². The van der Waals surface area contributed by atoms with E-state index in [0.717, 1.165) is 39.1 Å². The number of amides is 1. The van der Waals surface area contributed by atoms with Crippen molar-refractivity contribution in [3.8, 4) is 0 Å². The van der Waals surface area contributed by atoms with E-state index in [9.17, 15) is 4.79 Å². The topological polar surface area (TPSA) is 41.6 Å². The van der Waals surface area contributed by atoms with Gasteiger partial charge in [-0.2, -0.15) is 0 Å². The Hall–Kier alpha value is -0.610. The van der Waals surface area contributed by atoms with Gasteiger partial charge in [-0.1, -0.05) is 0 Å². The van der Waals surface area contributed by atoms with Crippen LogP contribution < -0.4 is 5.32 Å². The van der Waals surface area contributed by atoms with Gasteiger partial charge in [-0.05, 0) is 26.7 Å². The molecular weight excluding hydrogens is 192 g/mol. The Balaban J connectivity index is 2.04. The Kier molecular flexibility index (Phi) is 2.98. The maximum atomic E-state index is 12.2. The summed E-state index contributed by atoms with van der Waals surface area (Å²) in [6, 6.07) is 0. The summed E-state index contributed by atoms with van der Waals surface area (Å²) in [5.74, 6) is 0.180. The average molecular weight is 212 g/mol. The molecule has 15 heavy (non-hydrogen) atoms. The fraction of sp³-hybridized carbons (Fsp3) is 0.909. The van der Waals surface area contributed by atoms with E-state index in [1.807, 2.05) is 4.90 Å². The first-order chi connectivity index (χ1) is 7.11. The molecule has 2 fully saturated rings. The minimum atomic E-state index is -0.178. The van der Waals surface area contributed by atoms with Crippen molar-refractivity contribution in [2.75, 3.05) is 26.2 Å². The van der Waals surface area contributed by atoms with Crippen molar-refractivity contribution in [2.45, 2.75) is 38.3 Å². The maximum Gasteiger partial charge on any atom is 0.252 e. The van der Waals surface area contributed by atoms with E-state index in [1.165, 1.54) is 0 Å². The molecule has 0 saturated carbocycles. The van der Waals surface area contributed by atoms with Crippen molar-refractivity contribution in [3.63, 3.8) is 0 Å². The molecule has 0 radical (unpaired) electrons. The first kappa shape index (κ1) is 10.9. The van der Waals surface area contributed by atoms with E-state index >= 15 is 0 Å². The molecule has 1 amide bonds. The van der Waals surface area contributed by atoms with Gasteiger partial charge >= 0.3 is 0 Å². The molecule has 0 bridgehead atoms. The number of nitrogens with zero attached hydrogens (tertiary/aromatic N) is 1. The van der Waals surface area contributed by atoms with Crippen LogP contribution in [0.2, 0.25) is 0 Å². The second-order valence-corrected chi connectivity index (χ2v) is 4.98. The lowest BCUT2D eigenvalue weighted by molar-refractivity contribution is -0.147. The molecule has 0 spiro atoms. The van der Waals surface area contributed by atoms with Crippen molar-refractivity contribution in [2.24, 2.45) is 0 Å². The van der Waals surface area contributed by atoms with Gasteiger partial charge in [0.05, 0.1) is 0 Å². The monoisotopic (exact) mass is 212 g/mol. The number of ether oxygens (including phenoxy) is 1. The second-order valence-electron chi connectivity index (χ2n) is 4.98. The summed E-state index contributed by atoms with van der Waals surface area (Å²) in [6.45, 7) is 7.50. The van der Waals surface area contributed by atoms with Gasteiger partial charge in [-0.3, -0.25) is 4.79 Å². The number of hydrogen-bond donors (Lipinski definition) is 1. The molecule has 0 aromatic carbocycles. The zero-order chi connectivity index (χ0) is 10.9. The van der Waals surface area contributed by atoms with Crippen molar-refractivity contribution in [1.29, 1.82) is 0 Å². The first-order valence-electron chi connectivity index (χ1n) is 5.75. The van der Waals surface area contributed by atoms with Gasteiger partial charge in [-0.15, -0.1) is 0 Å². The predicted molar refractivity (Wildman–Crippen MR) is 57.6 cm³/mol. The van der Waals surface area contributed by atoms with Crippen LogP contribution in [0.3, 0.4) is 0 Å². The summed E-state index contributed by atoms with van der Waals surface area (Å²) in [5.41, 5.74) is -0.0821. The molecule has 0 aromatic heterocycles. The highest BCUT2D eigenvalue weighted by Gasteiger charge is 2.37. The molecular formula is C11H20N2O2. The summed E-state index contributed by atoms with van der Waals surface area (Å²) in [7, 11) is 0. The largest absolute Gasteiger partial charge is 0.368 e. The zero-order valence-corrected chi connectivity index (χ0v) is 9.58. The number of piperazine rings is 1.